The molecule has 0 spiro atoms. The van der Waals surface area contributed by atoms with Crippen LogP contribution in [0.5, 0.6) is 0 Å². The quantitative estimate of drug-likeness (QED) is 0.380. The molecule has 3 rings (SSSR count). The fourth-order valence-corrected chi connectivity index (χ4v) is 2.83. The summed E-state index contributed by atoms with van der Waals surface area (Å²) < 4.78 is 34.5. The van der Waals surface area contributed by atoms with Gasteiger partial charge in [-0.05, 0) is 36.4 Å². The van der Waals surface area contributed by atoms with E-state index in [4.69, 9.17) is 9.15 Å². The Balaban J connectivity index is 1.59. The molecule has 0 bridgehead atoms. The Labute approximate surface area is 161 Å². The van der Waals surface area contributed by atoms with E-state index in [1.807, 2.05) is 0 Å². The summed E-state index contributed by atoms with van der Waals surface area (Å²) in [5.41, 5.74) is -0.503. The van der Waals surface area contributed by atoms with Crippen LogP contribution in [-0.2, 0) is 9.53 Å². The lowest BCUT2D eigenvalue weighted by molar-refractivity contribution is -0.119. The summed E-state index contributed by atoms with van der Waals surface area (Å²) in [4.78, 5) is 36.2. The Morgan fingerprint density at radius 1 is 1.11 bits per heavy atom. The summed E-state index contributed by atoms with van der Waals surface area (Å²) in [5, 5.41) is 3.00. The highest BCUT2D eigenvalue weighted by atomic mass is 32.2. The van der Waals surface area contributed by atoms with E-state index in [9.17, 15) is 23.2 Å². The molecule has 0 unspecified atom stereocenters. The van der Waals surface area contributed by atoms with Crippen LogP contribution in [0.25, 0.3) is 11.0 Å². The van der Waals surface area contributed by atoms with Gasteiger partial charge in [-0.25, -0.2) is 9.59 Å². The zero-order valence-corrected chi connectivity index (χ0v) is 15.0. The minimum absolute atomic E-state index is 0.320. The Bertz CT molecular complexity index is 1070. The first-order valence-corrected chi connectivity index (χ1v) is 8.85. The van der Waals surface area contributed by atoms with Crippen LogP contribution < -0.4 is 10.9 Å². The number of hydrogen-bond acceptors (Lipinski definition) is 6. The predicted octanol–water partition coefficient (Wildman–Crippen LogP) is 3.90. The van der Waals surface area contributed by atoms with Crippen LogP contribution in [0.3, 0.4) is 0 Å². The molecule has 1 N–H and O–H groups in total. The second-order valence-electron chi connectivity index (χ2n) is 5.51. The number of anilines is 1. The molecule has 0 aliphatic carbocycles. The lowest BCUT2D eigenvalue weighted by atomic mass is 10.2. The third kappa shape index (κ3) is 4.95. The van der Waals surface area contributed by atoms with Crippen LogP contribution in [0, 0.1) is 0 Å². The summed E-state index contributed by atoms with van der Waals surface area (Å²) in [6, 6.07) is 13.7. The van der Waals surface area contributed by atoms with Crippen LogP contribution >= 0.6 is 11.8 Å². The van der Waals surface area contributed by atoms with E-state index in [0.29, 0.717) is 33.3 Å². The number of ether oxygens (including phenoxy) is 1. The Morgan fingerprint density at radius 3 is 2.54 bits per heavy atom. The average molecular weight is 405 g/mol. The number of carbonyl (C=O) groups is 2. The first kappa shape index (κ1) is 19.6. The standard InChI is InChI=1S/C19H13F2NO5S/c20-19(21)28-13-7-5-12(6-8-13)22-16(23)10-26-17(24)14-9-11-3-1-2-4-15(11)27-18(14)25/h1-9,19H,10H2,(H,22,23). The Morgan fingerprint density at radius 2 is 1.82 bits per heavy atom. The highest BCUT2D eigenvalue weighted by Gasteiger charge is 2.16. The fourth-order valence-electron chi connectivity index (χ4n) is 2.33. The zero-order chi connectivity index (χ0) is 20.1. The number of fused-ring (bicyclic) bond motifs is 1. The topological polar surface area (TPSA) is 85.6 Å². The van der Waals surface area contributed by atoms with Crippen LogP contribution in [-0.4, -0.2) is 24.2 Å². The van der Waals surface area contributed by atoms with E-state index in [1.54, 1.807) is 24.3 Å². The smallest absolute Gasteiger partial charge is 0.351 e. The highest BCUT2D eigenvalue weighted by molar-refractivity contribution is 7.99. The van der Waals surface area contributed by atoms with Crippen molar-refractivity contribution >= 4 is 40.3 Å². The van der Waals surface area contributed by atoms with Gasteiger partial charge in [0.15, 0.2) is 6.61 Å². The summed E-state index contributed by atoms with van der Waals surface area (Å²) in [6.45, 7) is -0.626. The van der Waals surface area contributed by atoms with Gasteiger partial charge < -0.3 is 14.5 Å². The third-order valence-corrected chi connectivity index (χ3v) is 4.28. The first-order valence-electron chi connectivity index (χ1n) is 7.97. The zero-order valence-electron chi connectivity index (χ0n) is 14.2. The molecule has 28 heavy (non-hydrogen) atoms. The molecule has 9 heteroatoms. The Kier molecular flexibility index (Phi) is 6.05. The normalized spacial score (nSPS) is 10.8. The molecule has 1 heterocycles. The molecule has 1 amide bonds. The largest absolute Gasteiger partial charge is 0.452 e. The van der Waals surface area contributed by atoms with Gasteiger partial charge in [-0.1, -0.05) is 30.0 Å². The van der Waals surface area contributed by atoms with Crippen molar-refractivity contribution in [2.45, 2.75) is 10.7 Å². The van der Waals surface area contributed by atoms with Gasteiger partial charge in [0.25, 0.3) is 11.7 Å². The number of esters is 1. The van der Waals surface area contributed by atoms with E-state index in [2.05, 4.69) is 5.32 Å². The van der Waals surface area contributed by atoms with Crippen molar-refractivity contribution in [2.24, 2.45) is 0 Å². The monoisotopic (exact) mass is 405 g/mol. The number of benzene rings is 2. The van der Waals surface area contributed by atoms with Crippen molar-refractivity contribution in [3.63, 3.8) is 0 Å². The van der Waals surface area contributed by atoms with E-state index < -0.39 is 29.9 Å². The average Bonchev–Trinajstić information content (AvgIpc) is 2.66. The molecule has 0 aliphatic rings. The second kappa shape index (κ2) is 8.66. The van der Waals surface area contributed by atoms with Gasteiger partial charge in [-0.15, -0.1) is 0 Å². The number of carbonyl (C=O) groups excluding carboxylic acids is 2. The van der Waals surface area contributed by atoms with Crippen LogP contribution in [0.4, 0.5) is 14.5 Å². The highest BCUT2D eigenvalue weighted by Crippen LogP contribution is 2.26. The number of hydrogen-bond donors (Lipinski definition) is 1. The van der Waals surface area contributed by atoms with Gasteiger partial charge in [0, 0.05) is 16.0 Å². The second-order valence-corrected chi connectivity index (χ2v) is 6.58. The molecule has 6 nitrogen and oxygen atoms in total. The number of nitrogens with one attached hydrogen (secondary N) is 1. The molecule has 0 saturated heterocycles. The van der Waals surface area contributed by atoms with Crippen LogP contribution in [0.1, 0.15) is 10.4 Å². The summed E-state index contributed by atoms with van der Waals surface area (Å²) in [7, 11) is 0. The summed E-state index contributed by atoms with van der Waals surface area (Å²) in [5.74, 6) is -4.17. The maximum atomic E-state index is 12.3. The fraction of sp³-hybridized carbons (Fsp3) is 0.105. The molecule has 0 atom stereocenters. The maximum Gasteiger partial charge on any atom is 0.351 e. The van der Waals surface area contributed by atoms with Crippen molar-refractivity contribution in [3.05, 3.63) is 70.6 Å². The lowest BCUT2D eigenvalue weighted by Crippen LogP contribution is -2.23. The van der Waals surface area contributed by atoms with Crippen molar-refractivity contribution in [1.29, 1.82) is 0 Å². The lowest BCUT2D eigenvalue weighted by Gasteiger charge is -2.07. The number of halogens is 2. The third-order valence-electron chi connectivity index (χ3n) is 3.56. The van der Waals surface area contributed by atoms with Crippen molar-refractivity contribution in [1.82, 2.24) is 0 Å². The minimum atomic E-state index is -2.53. The van der Waals surface area contributed by atoms with Gasteiger partial charge in [-0.3, -0.25) is 4.79 Å². The van der Waals surface area contributed by atoms with Crippen molar-refractivity contribution in [2.75, 3.05) is 11.9 Å². The van der Waals surface area contributed by atoms with Crippen molar-refractivity contribution < 1.29 is 27.5 Å². The maximum absolute atomic E-state index is 12.3. The Hall–Kier alpha value is -3.20. The molecule has 1 aromatic heterocycles. The van der Waals surface area contributed by atoms with Gasteiger partial charge in [-0.2, -0.15) is 8.78 Å². The van der Waals surface area contributed by atoms with Gasteiger partial charge >= 0.3 is 11.6 Å². The van der Waals surface area contributed by atoms with Crippen LogP contribution in [0.2, 0.25) is 0 Å². The van der Waals surface area contributed by atoms with Gasteiger partial charge in [0.05, 0.1) is 0 Å². The number of amides is 1. The SMILES string of the molecule is O=C(COC(=O)c1cc2ccccc2oc1=O)Nc1ccc(SC(F)F)cc1. The number of thioether (sulfide) groups is 1. The summed E-state index contributed by atoms with van der Waals surface area (Å²) >= 11 is 0.386. The minimum Gasteiger partial charge on any atom is -0.452 e. The summed E-state index contributed by atoms with van der Waals surface area (Å²) in [6.07, 6.45) is 0. The molecule has 144 valence electrons. The first-order chi connectivity index (χ1) is 13.4. The molecule has 3 aromatic rings. The van der Waals surface area contributed by atoms with E-state index in [-0.39, 0.29) is 5.56 Å². The molecule has 0 saturated carbocycles. The molecule has 0 radical (unpaired) electrons. The van der Waals surface area contributed by atoms with Gasteiger partial charge in [0.2, 0.25) is 0 Å². The van der Waals surface area contributed by atoms with Crippen LogP contribution in [0.15, 0.2) is 68.7 Å². The van der Waals surface area contributed by atoms with Crippen molar-refractivity contribution in [3.8, 4) is 0 Å². The molecule has 0 aliphatic heterocycles. The van der Waals surface area contributed by atoms with E-state index >= 15 is 0 Å². The molecular weight excluding hydrogens is 392 g/mol. The number of para-hydroxylation sites is 1. The molecular formula is C19H13F2NO5S. The van der Waals surface area contributed by atoms with E-state index in [1.165, 1.54) is 30.3 Å². The molecule has 2 aromatic carbocycles. The predicted molar refractivity (Wildman–Crippen MR) is 99.7 cm³/mol. The molecule has 0 fully saturated rings. The number of alkyl halides is 2. The number of rotatable bonds is 6. The van der Waals surface area contributed by atoms with Gasteiger partial charge in [0.1, 0.15) is 11.1 Å². The van der Waals surface area contributed by atoms with E-state index in [0.717, 1.165) is 0 Å².